The van der Waals surface area contributed by atoms with Gasteiger partial charge < -0.3 is 15.3 Å². The van der Waals surface area contributed by atoms with Crippen molar-refractivity contribution in [3.63, 3.8) is 0 Å². The molecule has 0 amide bonds. The van der Waals surface area contributed by atoms with E-state index in [0.29, 0.717) is 11.8 Å². The molecule has 0 aromatic heterocycles. The molecule has 0 saturated carbocycles. The van der Waals surface area contributed by atoms with Crippen molar-refractivity contribution >= 4 is 0 Å². The van der Waals surface area contributed by atoms with Crippen molar-refractivity contribution in [2.75, 3.05) is 21.3 Å². The zero-order chi connectivity index (χ0) is 17.3. The molecular weight excluding hydrogens is 312 g/mol. The van der Waals surface area contributed by atoms with E-state index in [0.717, 1.165) is 39.1 Å². The Balaban J connectivity index is -0.000000463. The van der Waals surface area contributed by atoms with Crippen molar-refractivity contribution < 1.29 is 37.0 Å². The topological polar surface area (TPSA) is 69.2 Å². The predicted octanol–water partition coefficient (Wildman–Crippen LogP) is 1.17. The normalized spacial score (nSPS) is 31.8. The minimum Gasteiger partial charge on any atom is -0.857 e. The van der Waals surface area contributed by atoms with Crippen LogP contribution >= 0.6 is 0 Å². The zero-order valence-corrected chi connectivity index (χ0v) is 17.2. The molecule has 0 aromatic carbocycles. The van der Waals surface area contributed by atoms with Crippen molar-refractivity contribution in [2.45, 2.75) is 41.5 Å². The van der Waals surface area contributed by atoms with Crippen molar-refractivity contribution in [3.8, 4) is 0 Å². The molecule has 0 aliphatic heterocycles. The third kappa shape index (κ3) is 5.61. The Kier molecular flexibility index (Phi) is 16.5. The fourth-order valence-corrected chi connectivity index (χ4v) is 3.33. The Hall–Kier alpha value is 0.0743. The van der Waals surface area contributed by atoms with Gasteiger partial charge in [0, 0.05) is 0 Å². The molecule has 0 spiro atoms. The second-order valence-electron chi connectivity index (χ2n) is 5.69. The fraction of sp³-hybridized carbons (Fsp3) is 0.778. The van der Waals surface area contributed by atoms with Crippen molar-refractivity contribution in [1.82, 2.24) is 0 Å². The minimum absolute atomic E-state index is 0. The second-order valence-corrected chi connectivity index (χ2v) is 5.69. The Bertz CT molecular complexity index is 350. The largest absolute Gasteiger partial charge is 4.00 e. The Morgan fingerprint density at radius 1 is 0.727 bits per heavy atom. The summed E-state index contributed by atoms with van der Waals surface area (Å²) in [5.74, 6) is 3.70. The van der Waals surface area contributed by atoms with Gasteiger partial charge in [0.1, 0.15) is 0 Å². The molecule has 0 bridgehead atoms. The van der Waals surface area contributed by atoms with E-state index in [9.17, 15) is 0 Å². The molecule has 0 saturated heterocycles. The summed E-state index contributed by atoms with van der Waals surface area (Å²) >= 11 is 0. The van der Waals surface area contributed by atoms with E-state index in [-0.39, 0.29) is 21.7 Å². The van der Waals surface area contributed by atoms with Gasteiger partial charge in [-0.1, -0.05) is 59.3 Å². The van der Waals surface area contributed by atoms with Crippen molar-refractivity contribution in [3.05, 3.63) is 22.8 Å². The van der Waals surface area contributed by atoms with Gasteiger partial charge in [0.2, 0.25) is 0 Å². The molecule has 5 atom stereocenters. The summed E-state index contributed by atoms with van der Waals surface area (Å²) in [4.78, 5) is 0. The fourth-order valence-electron chi connectivity index (χ4n) is 3.33. The van der Waals surface area contributed by atoms with Crippen LogP contribution in [0.15, 0.2) is 16.7 Å². The van der Waals surface area contributed by atoms with Gasteiger partial charge in [-0.15, -0.1) is 0 Å². The predicted molar refractivity (Wildman–Crippen MR) is 83.0 cm³/mol. The van der Waals surface area contributed by atoms with Crippen molar-refractivity contribution in [1.29, 1.82) is 0 Å². The molecule has 0 N–H and O–H groups in total. The van der Waals surface area contributed by atoms with E-state index in [1.54, 1.807) is 5.57 Å². The van der Waals surface area contributed by atoms with Gasteiger partial charge in [-0.3, -0.25) is 0 Å². The summed E-state index contributed by atoms with van der Waals surface area (Å²) in [5.41, 5.74) is 4.67. The third-order valence-electron chi connectivity index (χ3n) is 5.11. The average Bonchev–Trinajstić information content (AvgIpc) is 2.85. The second kappa shape index (κ2) is 13.5. The van der Waals surface area contributed by atoms with Crippen LogP contribution in [-0.2, 0) is 21.7 Å². The van der Waals surface area contributed by atoms with Gasteiger partial charge in [-0.25, -0.2) is 17.2 Å². The SMILES string of the molecule is CC1=[C-]C2=C(C1C)C(C)C(C)C(C)C2C.C[O-].C[O-].C[O-].[Ti+4]. The first-order chi connectivity index (χ1) is 9.95. The standard InChI is InChI=1S/C15H23.3CH3O.Ti/c1-8-7-14-12(5)10(3)11(4)13(6)15(14)9(8)2;3*1-2;/h9-13H,1-6H3;3*1H3;/q4*-1;+4. The van der Waals surface area contributed by atoms with Gasteiger partial charge in [0.15, 0.2) is 0 Å². The summed E-state index contributed by atoms with van der Waals surface area (Å²) < 4.78 is 0. The maximum Gasteiger partial charge on any atom is 4.00 e. The van der Waals surface area contributed by atoms with Gasteiger partial charge in [0.05, 0.1) is 0 Å². The summed E-state index contributed by atoms with van der Waals surface area (Å²) in [5, 5.41) is 24.8. The maximum atomic E-state index is 8.25. The van der Waals surface area contributed by atoms with Crippen LogP contribution < -0.4 is 15.3 Å². The van der Waals surface area contributed by atoms with E-state index < -0.39 is 0 Å². The van der Waals surface area contributed by atoms with Crippen LogP contribution in [0.4, 0.5) is 0 Å². The van der Waals surface area contributed by atoms with Crippen LogP contribution in [0, 0.1) is 35.7 Å². The summed E-state index contributed by atoms with van der Waals surface area (Å²) in [7, 11) is 2.25. The van der Waals surface area contributed by atoms with E-state index in [1.165, 1.54) is 11.1 Å². The molecule has 2 aliphatic carbocycles. The molecule has 0 aromatic rings. The molecular formula is C18H32O3Ti. The molecule has 4 heteroatoms. The number of hydrogen-bond donors (Lipinski definition) is 0. The first-order valence-electron chi connectivity index (χ1n) is 7.52. The first kappa shape index (κ1) is 26.9. The summed E-state index contributed by atoms with van der Waals surface area (Å²) in [6.45, 7) is 14.2. The molecule has 0 radical (unpaired) electrons. The number of rotatable bonds is 0. The van der Waals surface area contributed by atoms with Crippen LogP contribution in [0.5, 0.6) is 0 Å². The van der Waals surface area contributed by atoms with Crippen LogP contribution in [0.2, 0.25) is 0 Å². The number of hydrogen-bond acceptors (Lipinski definition) is 3. The molecule has 0 heterocycles. The first-order valence-corrected chi connectivity index (χ1v) is 7.52. The molecule has 0 fully saturated rings. The third-order valence-corrected chi connectivity index (χ3v) is 5.11. The minimum atomic E-state index is 0. The Labute approximate surface area is 152 Å². The number of allylic oxidation sites excluding steroid dienone is 4. The van der Waals surface area contributed by atoms with Gasteiger partial charge in [-0.05, 0) is 11.8 Å². The van der Waals surface area contributed by atoms with Crippen LogP contribution in [0.1, 0.15) is 41.5 Å². The summed E-state index contributed by atoms with van der Waals surface area (Å²) in [6, 6.07) is 0. The summed E-state index contributed by atoms with van der Waals surface area (Å²) in [6.07, 6.45) is 3.63. The Morgan fingerprint density at radius 2 is 1.09 bits per heavy atom. The molecule has 2 rings (SSSR count). The smallest absolute Gasteiger partial charge is 0.857 e. The average molecular weight is 344 g/mol. The van der Waals surface area contributed by atoms with Gasteiger partial charge in [0.25, 0.3) is 0 Å². The van der Waals surface area contributed by atoms with Crippen molar-refractivity contribution in [2.24, 2.45) is 29.6 Å². The zero-order valence-electron chi connectivity index (χ0n) is 15.6. The van der Waals surface area contributed by atoms with E-state index in [2.05, 4.69) is 47.6 Å². The quantitative estimate of drug-likeness (QED) is 0.489. The van der Waals surface area contributed by atoms with Crippen LogP contribution in [0.3, 0.4) is 0 Å². The van der Waals surface area contributed by atoms with E-state index >= 15 is 0 Å². The van der Waals surface area contributed by atoms with E-state index in [1.807, 2.05) is 0 Å². The molecule has 126 valence electrons. The monoisotopic (exact) mass is 344 g/mol. The molecule has 2 aliphatic rings. The maximum absolute atomic E-state index is 8.25. The molecule has 22 heavy (non-hydrogen) atoms. The van der Waals surface area contributed by atoms with Crippen LogP contribution in [0.25, 0.3) is 0 Å². The van der Waals surface area contributed by atoms with Gasteiger partial charge >= 0.3 is 21.7 Å². The molecule has 5 unspecified atom stereocenters. The molecule has 3 nitrogen and oxygen atoms in total. The van der Waals surface area contributed by atoms with Gasteiger partial charge in [-0.2, -0.15) is 26.9 Å². The van der Waals surface area contributed by atoms with Crippen LogP contribution in [-0.4, -0.2) is 21.3 Å². The van der Waals surface area contributed by atoms with E-state index in [4.69, 9.17) is 15.3 Å². The Morgan fingerprint density at radius 3 is 1.50 bits per heavy atom.